The van der Waals surface area contributed by atoms with E-state index in [0.717, 1.165) is 18.6 Å². The highest BCUT2D eigenvalue weighted by Crippen LogP contribution is 2.14. The summed E-state index contributed by atoms with van der Waals surface area (Å²) in [6, 6.07) is 8.34. The minimum Gasteiger partial charge on any atom is -0.497 e. The smallest absolute Gasteiger partial charge is 0.118 e. The molecule has 0 atom stereocenters. The van der Waals surface area contributed by atoms with Crippen LogP contribution in [0.25, 0.3) is 0 Å². The zero-order chi connectivity index (χ0) is 12.3. The van der Waals surface area contributed by atoms with Crippen LogP contribution in [0.5, 0.6) is 5.75 Å². The Balaban J connectivity index is 2.05. The van der Waals surface area contributed by atoms with Crippen LogP contribution in [0.3, 0.4) is 0 Å². The molecule has 0 amide bonds. The summed E-state index contributed by atoms with van der Waals surface area (Å²) in [5.41, 5.74) is 1.39. The molecule has 0 aromatic heterocycles. The van der Waals surface area contributed by atoms with E-state index >= 15 is 0 Å². The molecule has 0 bridgehead atoms. The first kappa shape index (κ1) is 14.0. The van der Waals surface area contributed by atoms with E-state index in [-0.39, 0.29) is 0 Å². The molecule has 0 saturated carbocycles. The first-order valence-electron chi connectivity index (χ1n) is 6.60. The van der Waals surface area contributed by atoms with E-state index in [4.69, 9.17) is 9.84 Å². The number of aliphatic hydroxyl groups is 1. The Morgan fingerprint density at radius 2 is 1.47 bits per heavy atom. The van der Waals surface area contributed by atoms with Crippen molar-refractivity contribution in [3.05, 3.63) is 29.8 Å². The van der Waals surface area contributed by atoms with Gasteiger partial charge < -0.3 is 9.84 Å². The van der Waals surface area contributed by atoms with Gasteiger partial charge in [-0.3, -0.25) is 0 Å². The van der Waals surface area contributed by atoms with Gasteiger partial charge in [0.25, 0.3) is 0 Å². The van der Waals surface area contributed by atoms with Gasteiger partial charge in [0.05, 0.1) is 7.11 Å². The van der Waals surface area contributed by atoms with E-state index in [9.17, 15) is 0 Å². The van der Waals surface area contributed by atoms with Crippen LogP contribution in [0.2, 0.25) is 0 Å². The number of ether oxygens (including phenoxy) is 1. The number of unbranched alkanes of at least 4 members (excludes halogenated alkanes) is 5. The Labute approximate surface area is 105 Å². The lowest BCUT2D eigenvalue weighted by Gasteiger charge is -2.04. The van der Waals surface area contributed by atoms with Crippen molar-refractivity contribution >= 4 is 0 Å². The summed E-state index contributed by atoms with van der Waals surface area (Å²) in [6.07, 6.45) is 8.36. The predicted molar refractivity (Wildman–Crippen MR) is 71.5 cm³/mol. The van der Waals surface area contributed by atoms with Crippen LogP contribution in [0.15, 0.2) is 24.3 Å². The lowest BCUT2D eigenvalue weighted by atomic mass is 10.0. The number of aliphatic hydroxyl groups excluding tert-OH is 1. The Bertz CT molecular complexity index is 279. The zero-order valence-corrected chi connectivity index (χ0v) is 10.8. The van der Waals surface area contributed by atoms with Crippen LogP contribution in [0.1, 0.15) is 44.1 Å². The normalized spacial score (nSPS) is 10.5. The Morgan fingerprint density at radius 1 is 0.882 bits per heavy atom. The fraction of sp³-hybridized carbons (Fsp3) is 0.600. The SMILES string of the molecule is COc1ccc(CCCCCCCCO)cc1. The molecule has 17 heavy (non-hydrogen) atoms. The third kappa shape index (κ3) is 6.32. The molecule has 0 heterocycles. The monoisotopic (exact) mass is 236 g/mol. The minimum atomic E-state index is 0.339. The molecule has 1 aromatic rings. The molecule has 0 aliphatic heterocycles. The van der Waals surface area contributed by atoms with Crippen molar-refractivity contribution in [3.8, 4) is 5.75 Å². The molecular weight excluding hydrogens is 212 g/mol. The summed E-state index contributed by atoms with van der Waals surface area (Å²) in [6.45, 7) is 0.339. The molecule has 0 aliphatic rings. The number of hydrogen-bond acceptors (Lipinski definition) is 2. The minimum absolute atomic E-state index is 0.339. The van der Waals surface area contributed by atoms with E-state index in [2.05, 4.69) is 12.1 Å². The van der Waals surface area contributed by atoms with Crippen LogP contribution < -0.4 is 4.74 Å². The highest BCUT2D eigenvalue weighted by molar-refractivity contribution is 5.27. The number of benzene rings is 1. The average molecular weight is 236 g/mol. The first-order valence-corrected chi connectivity index (χ1v) is 6.60. The Hall–Kier alpha value is -1.02. The molecule has 2 heteroatoms. The van der Waals surface area contributed by atoms with Gasteiger partial charge >= 0.3 is 0 Å². The molecule has 0 aliphatic carbocycles. The van der Waals surface area contributed by atoms with Gasteiger partial charge in [0, 0.05) is 6.61 Å². The van der Waals surface area contributed by atoms with Gasteiger partial charge in [-0.2, -0.15) is 0 Å². The fourth-order valence-corrected chi connectivity index (χ4v) is 1.94. The third-order valence-corrected chi connectivity index (χ3v) is 3.03. The van der Waals surface area contributed by atoms with E-state index in [1.165, 1.54) is 37.7 Å². The van der Waals surface area contributed by atoms with Crippen molar-refractivity contribution in [2.24, 2.45) is 0 Å². The maximum Gasteiger partial charge on any atom is 0.118 e. The molecule has 1 N–H and O–H groups in total. The molecule has 1 aromatic carbocycles. The van der Waals surface area contributed by atoms with Crippen molar-refractivity contribution in [1.82, 2.24) is 0 Å². The van der Waals surface area contributed by atoms with Crippen LogP contribution >= 0.6 is 0 Å². The summed E-state index contributed by atoms with van der Waals surface area (Å²) >= 11 is 0. The molecule has 2 nitrogen and oxygen atoms in total. The number of methoxy groups -OCH3 is 1. The number of hydrogen-bond donors (Lipinski definition) is 1. The lowest BCUT2D eigenvalue weighted by Crippen LogP contribution is -1.88. The quantitative estimate of drug-likeness (QED) is 0.664. The number of aryl methyl sites for hydroxylation is 1. The maximum absolute atomic E-state index is 8.65. The van der Waals surface area contributed by atoms with Crippen LogP contribution in [-0.2, 0) is 6.42 Å². The maximum atomic E-state index is 8.65. The summed E-state index contributed by atoms with van der Waals surface area (Å²) < 4.78 is 5.13. The van der Waals surface area contributed by atoms with Crippen LogP contribution in [0.4, 0.5) is 0 Å². The van der Waals surface area contributed by atoms with Gasteiger partial charge in [-0.15, -0.1) is 0 Å². The number of rotatable bonds is 9. The summed E-state index contributed by atoms with van der Waals surface area (Å²) in [7, 11) is 1.70. The second kappa shape index (κ2) is 9.06. The molecule has 0 saturated heterocycles. The molecule has 0 fully saturated rings. The van der Waals surface area contributed by atoms with Gasteiger partial charge in [-0.1, -0.05) is 37.8 Å². The molecule has 0 unspecified atom stereocenters. The molecular formula is C15H24O2. The van der Waals surface area contributed by atoms with Gasteiger partial charge in [0.15, 0.2) is 0 Å². The lowest BCUT2D eigenvalue weighted by molar-refractivity contribution is 0.282. The molecule has 0 spiro atoms. The van der Waals surface area contributed by atoms with Crippen molar-refractivity contribution in [1.29, 1.82) is 0 Å². The highest BCUT2D eigenvalue weighted by Gasteiger charge is 1.95. The average Bonchev–Trinajstić information content (AvgIpc) is 2.38. The zero-order valence-electron chi connectivity index (χ0n) is 10.8. The van der Waals surface area contributed by atoms with Crippen molar-refractivity contribution in [2.75, 3.05) is 13.7 Å². The highest BCUT2D eigenvalue weighted by atomic mass is 16.5. The molecule has 1 rings (SSSR count). The van der Waals surface area contributed by atoms with Gasteiger partial charge in [-0.25, -0.2) is 0 Å². The standard InChI is InChI=1S/C15H24O2/c1-17-15-11-9-14(10-12-15)8-6-4-2-3-5-7-13-16/h9-12,16H,2-8,13H2,1H3. The van der Waals surface area contributed by atoms with Crippen molar-refractivity contribution in [3.63, 3.8) is 0 Å². The van der Waals surface area contributed by atoms with E-state index in [1.54, 1.807) is 7.11 Å². The van der Waals surface area contributed by atoms with Crippen LogP contribution in [-0.4, -0.2) is 18.8 Å². The second-order valence-corrected chi connectivity index (χ2v) is 4.44. The Morgan fingerprint density at radius 3 is 2.06 bits per heavy atom. The summed E-state index contributed by atoms with van der Waals surface area (Å²) in [4.78, 5) is 0. The fourth-order valence-electron chi connectivity index (χ4n) is 1.94. The van der Waals surface area contributed by atoms with E-state index in [1.807, 2.05) is 12.1 Å². The Kier molecular flexibility index (Phi) is 7.48. The molecule has 96 valence electrons. The summed E-state index contributed by atoms with van der Waals surface area (Å²) in [5, 5.41) is 8.65. The first-order chi connectivity index (χ1) is 8.36. The van der Waals surface area contributed by atoms with Crippen LogP contribution in [0, 0.1) is 0 Å². The third-order valence-electron chi connectivity index (χ3n) is 3.03. The van der Waals surface area contributed by atoms with E-state index in [0.29, 0.717) is 6.61 Å². The van der Waals surface area contributed by atoms with E-state index < -0.39 is 0 Å². The second-order valence-electron chi connectivity index (χ2n) is 4.44. The topological polar surface area (TPSA) is 29.5 Å². The van der Waals surface area contributed by atoms with Gasteiger partial charge in [0.1, 0.15) is 5.75 Å². The van der Waals surface area contributed by atoms with Gasteiger partial charge in [0.2, 0.25) is 0 Å². The summed E-state index contributed by atoms with van der Waals surface area (Å²) in [5.74, 6) is 0.928. The largest absolute Gasteiger partial charge is 0.497 e. The molecule has 0 radical (unpaired) electrons. The van der Waals surface area contributed by atoms with Crippen molar-refractivity contribution < 1.29 is 9.84 Å². The predicted octanol–water partition coefficient (Wildman–Crippen LogP) is 3.57. The van der Waals surface area contributed by atoms with Gasteiger partial charge in [-0.05, 0) is 37.0 Å². The van der Waals surface area contributed by atoms with Crippen molar-refractivity contribution in [2.45, 2.75) is 44.9 Å².